The SMILES string of the molecule is O=C(CC(NC(=O)OCC1c2ccccc2-c2ccccc21)C1CC1)NC1(C(=O)O)CCCC1. The third-order valence-corrected chi connectivity index (χ3v) is 7.49. The van der Waals surface area contributed by atoms with Gasteiger partial charge < -0.3 is 20.5 Å². The van der Waals surface area contributed by atoms with Crippen molar-refractivity contribution in [3.63, 3.8) is 0 Å². The summed E-state index contributed by atoms with van der Waals surface area (Å²) in [6.07, 6.45) is 3.86. The number of hydrogen-bond donors (Lipinski definition) is 3. The maximum absolute atomic E-state index is 12.7. The van der Waals surface area contributed by atoms with E-state index in [9.17, 15) is 19.5 Å². The van der Waals surface area contributed by atoms with Crippen LogP contribution in [0.1, 0.15) is 62.0 Å². The predicted molar refractivity (Wildman–Crippen MR) is 126 cm³/mol. The zero-order valence-corrected chi connectivity index (χ0v) is 19.1. The van der Waals surface area contributed by atoms with Gasteiger partial charge in [-0.25, -0.2) is 9.59 Å². The molecule has 34 heavy (non-hydrogen) atoms. The van der Waals surface area contributed by atoms with Crippen molar-refractivity contribution >= 4 is 18.0 Å². The van der Waals surface area contributed by atoms with Gasteiger partial charge in [0.15, 0.2) is 0 Å². The number of carboxylic acids is 1. The first-order valence-electron chi connectivity index (χ1n) is 12.1. The van der Waals surface area contributed by atoms with E-state index < -0.39 is 17.6 Å². The van der Waals surface area contributed by atoms with Gasteiger partial charge in [-0.2, -0.15) is 0 Å². The van der Waals surface area contributed by atoms with Gasteiger partial charge in [0.25, 0.3) is 0 Å². The van der Waals surface area contributed by atoms with E-state index in [4.69, 9.17) is 4.74 Å². The Morgan fingerprint density at radius 1 is 0.971 bits per heavy atom. The smallest absolute Gasteiger partial charge is 0.407 e. The molecule has 2 aromatic rings. The molecule has 0 aromatic heterocycles. The number of aliphatic carboxylic acids is 1. The van der Waals surface area contributed by atoms with Crippen LogP contribution in [0, 0.1) is 5.92 Å². The summed E-state index contributed by atoms with van der Waals surface area (Å²) in [5.74, 6) is -1.12. The van der Waals surface area contributed by atoms with Gasteiger partial charge in [-0.1, -0.05) is 61.4 Å². The van der Waals surface area contributed by atoms with Gasteiger partial charge in [0.05, 0.1) is 0 Å². The van der Waals surface area contributed by atoms with Crippen LogP contribution in [0.15, 0.2) is 48.5 Å². The van der Waals surface area contributed by atoms with Crippen molar-refractivity contribution in [3.05, 3.63) is 59.7 Å². The number of ether oxygens (including phenoxy) is 1. The number of hydrogen-bond acceptors (Lipinski definition) is 4. The standard InChI is InChI=1S/C27H30N2O5/c30-24(29-27(25(31)32)13-5-6-14-27)15-23(17-11-12-17)28-26(33)34-16-22-20-9-3-1-7-18(20)19-8-2-4-10-21(19)22/h1-4,7-10,17,22-23H,5-6,11-16H2,(H,28,33)(H,29,30)(H,31,32). The van der Waals surface area contributed by atoms with E-state index in [-0.39, 0.29) is 36.8 Å². The second-order valence-corrected chi connectivity index (χ2v) is 9.76. The van der Waals surface area contributed by atoms with Crippen LogP contribution in [0.3, 0.4) is 0 Å². The van der Waals surface area contributed by atoms with Crippen molar-refractivity contribution in [1.29, 1.82) is 0 Å². The van der Waals surface area contributed by atoms with Crippen molar-refractivity contribution in [1.82, 2.24) is 10.6 Å². The molecule has 7 nitrogen and oxygen atoms in total. The molecule has 0 saturated heterocycles. The molecule has 2 amide bonds. The van der Waals surface area contributed by atoms with Gasteiger partial charge in [-0.3, -0.25) is 4.79 Å². The minimum Gasteiger partial charge on any atom is -0.480 e. The molecule has 0 radical (unpaired) electrons. The fraction of sp³-hybridized carbons (Fsp3) is 0.444. The summed E-state index contributed by atoms with van der Waals surface area (Å²) in [7, 11) is 0. The Labute approximate surface area is 198 Å². The molecule has 0 heterocycles. The van der Waals surface area contributed by atoms with Crippen LogP contribution >= 0.6 is 0 Å². The number of amides is 2. The third-order valence-electron chi connectivity index (χ3n) is 7.49. The van der Waals surface area contributed by atoms with Crippen LogP contribution in [0.4, 0.5) is 4.79 Å². The lowest BCUT2D eigenvalue weighted by Crippen LogP contribution is -2.54. The molecule has 3 N–H and O–H groups in total. The molecule has 1 atom stereocenters. The van der Waals surface area contributed by atoms with E-state index in [0.717, 1.165) is 36.8 Å². The molecular weight excluding hydrogens is 432 g/mol. The van der Waals surface area contributed by atoms with Crippen molar-refractivity contribution in [2.75, 3.05) is 6.61 Å². The third kappa shape index (κ3) is 4.39. The first-order valence-corrected chi connectivity index (χ1v) is 12.1. The Balaban J connectivity index is 1.20. The lowest BCUT2D eigenvalue weighted by molar-refractivity contribution is -0.147. The van der Waals surface area contributed by atoms with E-state index in [2.05, 4.69) is 34.9 Å². The maximum atomic E-state index is 12.7. The Kier molecular flexibility index (Phi) is 6.02. The highest BCUT2D eigenvalue weighted by molar-refractivity contribution is 5.87. The Bertz CT molecular complexity index is 1060. The maximum Gasteiger partial charge on any atom is 0.407 e. The number of rotatable bonds is 8. The number of benzene rings is 2. The molecule has 0 spiro atoms. The number of nitrogens with one attached hydrogen (secondary N) is 2. The van der Waals surface area contributed by atoms with Crippen LogP contribution in [0.2, 0.25) is 0 Å². The fourth-order valence-corrected chi connectivity index (χ4v) is 5.51. The van der Waals surface area contributed by atoms with Gasteiger partial charge in [0.1, 0.15) is 12.1 Å². The first-order chi connectivity index (χ1) is 16.5. The molecule has 3 aliphatic rings. The number of alkyl carbamates (subject to hydrolysis) is 1. The van der Waals surface area contributed by atoms with E-state index in [1.165, 1.54) is 11.1 Å². The zero-order valence-electron chi connectivity index (χ0n) is 19.1. The van der Waals surface area contributed by atoms with E-state index >= 15 is 0 Å². The van der Waals surface area contributed by atoms with Crippen LogP contribution in [0.25, 0.3) is 11.1 Å². The number of carboxylic acid groups (broad SMARTS) is 1. The lowest BCUT2D eigenvalue weighted by Gasteiger charge is -2.27. The highest BCUT2D eigenvalue weighted by Gasteiger charge is 2.43. The first kappa shape index (κ1) is 22.4. The van der Waals surface area contributed by atoms with Crippen molar-refractivity contribution in [2.24, 2.45) is 5.92 Å². The second kappa shape index (κ2) is 9.12. The molecule has 7 heteroatoms. The summed E-state index contributed by atoms with van der Waals surface area (Å²) in [5, 5.41) is 15.2. The van der Waals surface area contributed by atoms with Crippen molar-refractivity contribution in [3.8, 4) is 11.1 Å². The highest BCUT2D eigenvalue weighted by atomic mass is 16.5. The predicted octanol–water partition coefficient (Wildman–Crippen LogP) is 4.21. The van der Waals surface area contributed by atoms with E-state index in [1.807, 2.05) is 24.3 Å². The average molecular weight is 463 g/mol. The van der Waals surface area contributed by atoms with Crippen LogP contribution < -0.4 is 10.6 Å². The van der Waals surface area contributed by atoms with Gasteiger partial charge in [0.2, 0.25) is 5.91 Å². The molecule has 5 rings (SSSR count). The minimum atomic E-state index is -1.17. The Morgan fingerprint density at radius 2 is 1.56 bits per heavy atom. The largest absolute Gasteiger partial charge is 0.480 e. The molecule has 2 saturated carbocycles. The summed E-state index contributed by atoms with van der Waals surface area (Å²) in [6.45, 7) is 0.214. The molecule has 3 aliphatic carbocycles. The van der Waals surface area contributed by atoms with Crippen molar-refractivity contribution in [2.45, 2.75) is 62.4 Å². The second-order valence-electron chi connectivity index (χ2n) is 9.76. The van der Waals surface area contributed by atoms with Crippen LogP contribution in [-0.2, 0) is 14.3 Å². The topological polar surface area (TPSA) is 105 Å². The summed E-state index contributed by atoms with van der Waals surface area (Å²) in [6, 6.07) is 16.0. The van der Waals surface area contributed by atoms with Gasteiger partial charge in [-0.05, 0) is 53.9 Å². The quantitative estimate of drug-likeness (QED) is 0.545. The summed E-state index contributed by atoms with van der Waals surface area (Å²) in [4.78, 5) is 37.2. The number of carbonyl (C=O) groups is 3. The zero-order chi connectivity index (χ0) is 23.7. The molecule has 0 bridgehead atoms. The molecule has 0 aliphatic heterocycles. The molecule has 178 valence electrons. The molecular formula is C27H30N2O5. The number of carbonyl (C=O) groups excluding carboxylic acids is 2. The minimum absolute atomic E-state index is 0.0291. The monoisotopic (exact) mass is 462 g/mol. The van der Waals surface area contributed by atoms with Crippen LogP contribution in [-0.4, -0.2) is 41.3 Å². The fourth-order valence-electron chi connectivity index (χ4n) is 5.51. The van der Waals surface area contributed by atoms with Crippen molar-refractivity contribution < 1.29 is 24.2 Å². The van der Waals surface area contributed by atoms with Gasteiger partial charge in [0, 0.05) is 18.4 Å². The molecule has 2 fully saturated rings. The average Bonchev–Trinajstić information content (AvgIpc) is 3.49. The molecule has 1 unspecified atom stereocenters. The molecule has 2 aromatic carbocycles. The normalized spacial score (nSPS) is 19.1. The van der Waals surface area contributed by atoms with Crippen LogP contribution in [0.5, 0.6) is 0 Å². The van der Waals surface area contributed by atoms with Gasteiger partial charge in [-0.15, -0.1) is 0 Å². The highest BCUT2D eigenvalue weighted by Crippen LogP contribution is 2.44. The van der Waals surface area contributed by atoms with E-state index in [1.54, 1.807) is 0 Å². The Morgan fingerprint density at radius 3 is 2.12 bits per heavy atom. The van der Waals surface area contributed by atoms with Gasteiger partial charge >= 0.3 is 12.1 Å². The number of fused-ring (bicyclic) bond motifs is 3. The summed E-state index contributed by atoms with van der Waals surface area (Å²) in [5.41, 5.74) is 3.45. The lowest BCUT2D eigenvalue weighted by atomic mass is 9.97. The summed E-state index contributed by atoms with van der Waals surface area (Å²) < 4.78 is 5.65. The summed E-state index contributed by atoms with van der Waals surface area (Å²) >= 11 is 0. The van der Waals surface area contributed by atoms with E-state index in [0.29, 0.717) is 12.8 Å². The Hall–Kier alpha value is -3.35.